The van der Waals surface area contributed by atoms with E-state index in [9.17, 15) is 0 Å². The van der Waals surface area contributed by atoms with Crippen molar-refractivity contribution in [2.45, 2.75) is 33.2 Å². The van der Waals surface area contributed by atoms with Crippen molar-refractivity contribution in [1.82, 2.24) is 0 Å². The fourth-order valence-electron chi connectivity index (χ4n) is 2.11. The van der Waals surface area contributed by atoms with Crippen LogP contribution in [0.5, 0.6) is 5.75 Å². The molecule has 0 atom stereocenters. The lowest BCUT2D eigenvalue weighted by Gasteiger charge is -2.13. The first-order chi connectivity index (χ1) is 9.70. The predicted molar refractivity (Wildman–Crippen MR) is 85.5 cm³/mol. The van der Waals surface area contributed by atoms with Crippen LogP contribution in [-0.4, -0.2) is 6.61 Å². The Morgan fingerprint density at radius 1 is 1.00 bits per heavy atom. The average molecular weight is 269 g/mol. The van der Waals surface area contributed by atoms with E-state index in [0.29, 0.717) is 12.5 Å². The number of ether oxygens (including phenoxy) is 1. The molecular formula is C18H23NO. The van der Waals surface area contributed by atoms with Crippen LogP contribution in [0.1, 0.15) is 37.8 Å². The molecule has 2 nitrogen and oxygen atoms in total. The summed E-state index contributed by atoms with van der Waals surface area (Å²) in [6.07, 6.45) is 0. The van der Waals surface area contributed by atoms with E-state index in [-0.39, 0.29) is 0 Å². The van der Waals surface area contributed by atoms with E-state index in [1.165, 1.54) is 11.1 Å². The molecule has 0 aromatic heterocycles. The van der Waals surface area contributed by atoms with E-state index in [0.717, 1.165) is 18.0 Å². The van der Waals surface area contributed by atoms with Gasteiger partial charge in [0.15, 0.2) is 0 Å². The highest BCUT2D eigenvalue weighted by Gasteiger charge is 2.02. The third kappa shape index (κ3) is 3.77. The molecule has 0 aliphatic carbocycles. The van der Waals surface area contributed by atoms with Gasteiger partial charge >= 0.3 is 0 Å². The molecule has 0 radical (unpaired) electrons. The Bertz CT molecular complexity index is 531. The van der Waals surface area contributed by atoms with Gasteiger partial charge in [0.25, 0.3) is 0 Å². The van der Waals surface area contributed by atoms with Gasteiger partial charge in [0.1, 0.15) is 5.75 Å². The first-order valence-electron chi connectivity index (χ1n) is 7.25. The summed E-state index contributed by atoms with van der Waals surface area (Å²) in [6, 6.07) is 16.8. The first kappa shape index (κ1) is 14.4. The van der Waals surface area contributed by atoms with Gasteiger partial charge < -0.3 is 10.1 Å². The largest absolute Gasteiger partial charge is 0.492 e. The van der Waals surface area contributed by atoms with E-state index in [1.807, 2.05) is 31.2 Å². The van der Waals surface area contributed by atoms with Crippen LogP contribution in [0.4, 0.5) is 5.69 Å². The van der Waals surface area contributed by atoms with Gasteiger partial charge in [0, 0.05) is 6.54 Å². The van der Waals surface area contributed by atoms with E-state index in [1.54, 1.807) is 0 Å². The molecule has 0 heterocycles. The molecule has 2 heteroatoms. The third-order valence-corrected chi connectivity index (χ3v) is 3.32. The van der Waals surface area contributed by atoms with Gasteiger partial charge in [-0.25, -0.2) is 0 Å². The SMILES string of the molecule is CCOc1ccccc1NCc1ccc(C(C)C)cc1. The van der Waals surface area contributed by atoms with Crippen molar-refractivity contribution in [1.29, 1.82) is 0 Å². The zero-order valence-electron chi connectivity index (χ0n) is 12.5. The number of nitrogens with one attached hydrogen (secondary N) is 1. The van der Waals surface area contributed by atoms with Crippen LogP contribution < -0.4 is 10.1 Å². The second kappa shape index (κ2) is 6.99. The average Bonchev–Trinajstić information content (AvgIpc) is 2.47. The van der Waals surface area contributed by atoms with Gasteiger partial charge in [-0.15, -0.1) is 0 Å². The van der Waals surface area contributed by atoms with Crippen molar-refractivity contribution < 1.29 is 4.74 Å². The van der Waals surface area contributed by atoms with Crippen LogP contribution in [0.3, 0.4) is 0 Å². The Labute approximate surface area is 121 Å². The number of anilines is 1. The Morgan fingerprint density at radius 2 is 1.70 bits per heavy atom. The maximum absolute atomic E-state index is 5.61. The minimum absolute atomic E-state index is 0.579. The highest BCUT2D eigenvalue weighted by molar-refractivity contribution is 5.56. The van der Waals surface area contributed by atoms with Crippen molar-refractivity contribution in [2.24, 2.45) is 0 Å². The fraction of sp³-hybridized carbons (Fsp3) is 0.333. The Hall–Kier alpha value is -1.96. The smallest absolute Gasteiger partial charge is 0.142 e. The first-order valence-corrected chi connectivity index (χ1v) is 7.25. The van der Waals surface area contributed by atoms with Crippen LogP contribution in [0.25, 0.3) is 0 Å². The van der Waals surface area contributed by atoms with Crippen LogP contribution in [0, 0.1) is 0 Å². The van der Waals surface area contributed by atoms with E-state index in [2.05, 4.69) is 43.4 Å². The number of hydrogen-bond acceptors (Lipinski definition) is 2. The van der Waals surface area contributed by atoms with Crippen LogP contribution in [0.2, 0.25) is 0 Å². The van der Waals surface area contributed by atoms with Gasteiger partial charge in [-0.05, 0) is 36.1 Å². The summed E-state index contributed by atoms with van der Waals surface area (Å²) in [6.45, 7) is 7.92. The summed E-state index contributed by atoms with van der Waals surface area (Å²) in [4.78, 5) is 0. The van der Waals surface area contributed by atoms with Crippen LogP contribution >= 0.6 is 0 Å². The molecule has 0 bridgehead atoms. The summed E-state index contributed by atoms with van der Waals surface area (Å²) in [5, 5.41) is 3.44. The van der Waals surface area contributed by atoms with Crippen LogP contribution in [0.15, 0.2) is 48.5 Å². The summed E-state index contributed by atoms with van der Waals surface area (Å²) in [5.74, 6) is 1.49. The lowest BCUT2D eigenvalue weighted by molar-refractivity contribution is 0.341. The summed E-state index contributed by atoms with van der Waals surface area (Å²) >= 11 is 0. The molecule has 0 spiro atoms. The molecule has 1 N–H and O–H groups in total. The molecule has 0 amide bonds. The van der Waals surface area contributed by atoms with Crippen molar-refractivity contribution in [3.63, 3.8) is 0 Å². The fourth-order valence-corrected chi connectivity index (χ4v) is 2.11. The molecular weight excluding hydrogens is 246 g/mol. The number of rotatable bonds is 6. The molecule has 2 rings (SSSR count). The number of para-hydroxylation sites is 2. The maximum atomic E-state index is 5.61. The molecule has 0 saturated heterocycles. The van der Waals surface area contributed by atoms with Gasteiger partial charge in [-0.3, -0.25) is 0 Å². The van der Waals surface area contributed by atoms with Crippen molar-refractivity contribution in [3.8, 4) is 5.75 Å². The standard InChI is InChI=1S/C18H23NO/c1-4-20-18-8-6-5-7-17(18)19-13-15-9-11-16(12-10-15)14(2)3/h5-12,14,19H,4,13H2,1-3H3. The minimum atomic E-state index is 0.579. The minimum Gasteiger partial charge on any atom is -0.492 e. The summed E-state index contributed by atoms with van der Waals surface area (Å²) in [5.41, 5.74) is 3.70. The second-order valence-corrected chi connectivity index (χ2v) is 5.18. The maximum Gasteiger partial charge on any atom is 0.142 e. The topological polar surface area (TPSA) is 21.3 Å². The summed E-state index contributed by atoms with van der Waals surface area (Å²) in [7, 11) is 0. The zero-order chi connectivity index (χ0) is 14.4. The molecule has 2 aromatic rings. The highest BCUT2D eigenvalue weighted by Crippen LogP contribution is 2.24. The molecule has 2 aromatic carbocycles. The molecule has 0 aliphatic rings. The molecule has 20 heavy (non-hydrogen) atoms. The van der Waals surface area contributed by atoms with Gasteiger partial charge in [-0.1, -0.05) is 50.2 Å². The Balaban J connectivity index is 2.01. The van der Waals surface area contributed by atoms with Crippen molar-refractivity contribution in [3.05, 3.63) is 59.7 Å². The van der Waals surface area contributed by atoms with Gasteiger partial charge in [-0.2, -0.15) is 0 Å². The zero-order valence-corrected chi connectivity index (χ0v) is 12.5. The van der Waals surface area contributed by atoms with Crippen molar-refractivity contribution >= 4 is 5.69 Å². The quantitative estimate of drug-likeness (QED) is 0.811. The normalized spacial score (nSPS) is 10.6. The highest BCUT2D eigenvalue weighted by atomic mass is 16.5. The lowest BCUT2D eigenvalue weighted by atomic mass is 10.0. The van der Waals surface area contributed by atoms with E-state index < -0.39 is 0 Å². The molecule has 0 saturated carbocycles. The van der Waals surface area contributed by atoms with Gasteiger partial charge in [0.05, 0.1) is 12.3 Å². The molecule has 0 fully saturated rings. The van der Waals surface area contributed by atoms with E-state index in [4.69, 9.17) is 4.74 Å². The molecule has 0 aliphatic heterocycles. The summed E-state index contributed by atoms with van der Waals surface area (Å²) < 4.78 is 5.61. The molecule has 106 valence electrons. The number of hydrogen-bond donors (Lipinski definition) is 1. The second-order valence-electron chi connectivity index (χ2n) is 5.18. The third-order valence-electron chi connectivity index (χ3n) is 3.32. The number of benzene rings is 2. The monoisotopic (exact) mass is 269 g/mol. The Morgan fingerprint density at radius 3 is 2.35 bits per heavy atom. The molecule has 0 unspecified atom stereocenters. The Kier molecular flexibility index (Phi) is 5.05. The lowest BCUT2D eigenvalue weighted by Crippen LogP contribution is -2.02. The predicted octanol–water partition coefficient (Wildman–Crippen LogP) is 4.82. The van der Waals surface area contributed by atoms with Gasteiger partial charge in [0.2, 0.25) is 0 Å². The van der Waals surface area contributed by atoms with Crippen LogP contribution in [-0.2, 0) is 6.54 Å². The van der Waals surface area contributed by atoms with E-state index >= 15 is 0 Å². The van der Waals surface area contributed by atoms with Crippen molar-refractivity contribution in [2.75, 3.05) is 11.9 Å².